The van der Waals surface area contributed by atoms with Gasteiger partial charge in [-0.05, 0) is 25.3 Å². The lowest BCUT2D eigenvalue weighted by Crippen LogP contribution is -2.47. The average Bonchev–Trinajstić information content (AvgIpc) is 3.05. The van der Waals surface area contributed by atoms with Crippen molar-refractivity contribution in [1.82, 2.24) is 35.3 Å². The largest absolute Gasteiger partial charge is 0.354 e. The van der Waals surface area contributed by atoms with Gasteiger partial charge in [0.1, 0.15) is 17.8 Å². The first kappa shape index (κ1) is 14.4. The zero-order valence-electron chi connectivity index (χ0n) is 13.6. The molecule has 0 atom stereocenters. The highest BCUT2D eigenvalue weighted by Crippen LogP contribution is 2.45. The summed E-state index contributed by atoms with van der Waals surface area (Å²) in [6.45, 7) is 2.37. The van der Waals surface area contributed by atoms with Crippen molar-refractivity contribution in [2.45, 2.75) is 24.8 Å². The summed E-state index contributed by atoms with van der Waals surface area (Å²) in [5.41, 5.74) is 1.10. The fraction of sp³-hybridized carbons (Fsp3) is 0.438. The Morgan fingerprint density at radius 1 is 1.24 bits per heavy atom. The predicted molar refractivity (Wildman–Crippen MR) is 90.1 cm³/mol. The van der Waals surface area contributed by atoms with Crippen LogP contribution in [0.3, 0.4) is 0 Å². The highest BCUT2D eigenvalue weighted by molar-refractivity contribution is 5.93. The molecule has 5 rings (SSSR count). The Morgan fingerprint density at radius 2 is 2.16 bits per heavy atom. The van der Waals surface area contributed by atoms with Crippen molar-refractivity contribution in [3.05, 3.63) is 30.5 Å². The van der Waals surface area contributed by atoms with Crippen molar-refractivity contribution in [3.63, 3.8) is 0 Å². The van der Waals surface area contributed by atoms with Crippen LogP contribution in [0.2, 0.25) is 0 Å². The molecule has 0 aromatic carbocycles. The Balaban J connectivity index is 1.47. The molecule has 0 radical (unpaired) electrons. The molecule has 0 bridgehead atoms. The van der Waals surface area contributed by atoms with E-state index in [1.807, 2.05) is 17.2 Å². The van der Waals surface area contributed by atoms with E-state index in [2.05, 4.69) is 35.3 Å². The van der Waals surface area contributed by atoms with Gasteiger partial charge in [0.25, 0.3) is 5.91 Å². The first-order chi connectivity index (χ1) is 12.3. The third kappa shape index (κ3) is 2.26. The van der Waals surface area contributed by atoms with Crippen molar-refractivity contribution in [2.24, 2.45) is 0 Å². The van der Waals surface area contributed by atoms with Crippen LogP contribution in [-0.4, -0.2) is 66.3 Å². The van der Waals surface area contributed by atoms with Crippen LogP contribution < -0.4 is 4.90 Å². The van der Waals surface area contributed by atoms with Gasteiger partial charge in [-0.1, -0.05) is 0 Å². The molecule has 1 spiro atoms. The van der Waals surface area contributed by atoms with E-state index in [0.717, 1.165) is 55.7 Å². The molecule has 128 valence electrons. The number of hydrogen-bond donors (Lipinski definition) is 2. The minimum absolute atomic E-state index is 0.0393. The highest BCUT2D eigenvalue weighted by atomic mass is 16.2. The van der Waals surface area contributed by atoms with Gasteiger partial charge >= 0.3 is 0 Å². The van der Waals surface area contributed by atoms with Gasteiger partial charge in [-0.25, -0.2) is 9.97 Å². The van der Waals surface area contributed by atoms with Crippen LogP contribution in [0.25, 0.3) is 11.0 Å². The molecule has 9 heteroatoms. The van der Waals surface area contributed by atoms with E-state index in [1.54, 1.807) is 6.33 Å². The number of aromatic nitrogens is 6. The molecule has 2 N–H and O–H groups in total. The third-order valence-corrected chi connectivity index (χ3v) is 5.21. The van der Waals surface area contributed by atoms with Gasteiger partial charge in [-0.2, -0.15) is 15.4 Å². The second-order valence-electron chi connectivity index (χ2n) is 6.75. The predicted octanol–water partition coefficient (Wildman–Crippen LogP) is 0.961. The lowest BCUT2D eigenvalue weighted by atomic mass is 10.2. The fourth-order valence-corrected chi connectivity index (χ4v) is 3.80. The van der Waals surface area contributed by atoms with Gasteiger partial charge in [-0.3, -0.25) is 4.79 Å². The molecule has 2 fully saturated rings. The second kappa shape index (κ2) is 5.27. The number of anilines is 1. The van der Waals surface area contributed by atoms with Crippen LogP contribution in [0.4, 0.5) is 5.82 Å². The SMILES string of the molecule is O=C(c1cn[nH]n1)N1CCCN(c2ncnc3[nH]ccc23)CC12CC2. The summed E-state index contributed by atoms with van der Waals surface area (Å²) in [5.74, 6) is 0.899. The standard InChI is InChI=1S/C16H18N8O/c25-15(12-8-20-22-21-12)24-7-1-6-23(9-16(24)3-4-16)14-11-2-5-17-13(11)18-10-19-14/h2,5,8,10H,1,3-4,6-7,9H2,(H,17,18,19)(H,20,21,22). The van der Waals surface area contributed by atoms with Crippen molar-refractivity contribution in [1.29, 1.82) is 0 Å². The lowest BCUT2D eigenvalue weighted by molar-refractivity contribution is 0.0663. The maximum Gasteiger partial charge on any atom is 0.276 e. The topological polar surface area (TPSA) is 107 Å². The summed E-state index contributed by atoms with van der Waals surface area (Å²) in [7, 11) is 0. The molecule has 1 saturated carbocycles. The molecule has 4 heterocycles. The van der Waals surface area contributed by atoms with Crippen LogP contribution in [-0.2, 0) is 0 Å². The number of nitrogens with one attached hydrogen (secondary N) is 2. The molecule has 3 aromatic heterocycles. The molecule has 1 saturated heterocycles. The van der Waals surface area contributed by atoms with Gasteiger partial charge in [0.05, 0.1) is 17.1 Å². The Morgan fingerprint density at radius 3 is 2.96 bits per heavy atom. The molecular formula is C16H18N8O. The van der Waals surface area contributed by atoms with Crippen LogP contribution >= 0.6 is 0 Å². The summed E-state index contributed by atoms with van der Waals surface area (Å²) in [6, 6.07) is 2.01. The highest BCUT2D eigenvalue weighted by Gasteiger charge is 2.52. The molecule has 1 aliphatic heterocycles. The molecule has 1 amide bonds. The van der Waals surface area contributed by atoms with E-state index in [0.29, 0.717) is 5.69 Å². The van der Waals surface area contributed by atoms with Crippen molar-refractivity contribution < 1.29 is 4.79 Å². The summed E-state index contributed by atoms with van der Waals surface area (Å²) in [5, 5.41) is 11.3. The Hall–Kier alpha value is -2.97. The number of rotatable bonds is 2. The molecule has 3 aromatic rings. The Labute approximate surface area is 143 Å². The smallest absolute Gasteiger partial charge is 0.276 e. The van der Waals surface area contributed by atoms with Crippen LogP contribution in [0.15, 0.2) is 24.8 Å². The number of fused-ring (bicyclic) bond motifs is 1. The van der Waals surface area contributed by atoms with Gasteiger partial charge in [0.2, 0.25) is 0 Å². The van der Waals surface area contributed by atoms with E-state index in [4.69, 9.17) is 0 Å². The Bertz CT molecular complexity index is 913. The molecule has 0 unspecified atom stereocenters. The monoisotopic (exact) mass is 338 g/mol. The number of aromatic amines is 2. The summed E-state index contributed by atoms with van der Waals surface area (Å²) < 4.78 is 0. The number of hydrogen-bond acceptors (Lipinski definition) is 6. The first-order valence-electron chi connectivity index (χ1n) is 8.48. The lowest BCUT2D eigenvalue weighted by Gasteiger charge is -2.32. The van der Waals surface area contributed by atoms with Crippen LogP contribution in [0, 0.1) is 0 Å². The maximum atomic E-state index is 12.8. The van der Waals surface area contributed by atoms with Gasteiger partial charge in [0.15, 0.2) is 5.69 Å². The summed E-state index contributed by atoms with van der Waals surface area (Å²) >= 11 is 0. The number of nitrogens with zero attached hydrogens (tertiary/aromatic N) is 6. The zero-order valence-corrected chi connectivity index (χ0v) is 13.6. The molecule has 2 aliphatic rings. The maximum absolute atomic E-state index is 12.8. The van der Waals surface area contributed by atoms with Gasteiger partial charge in [-0.15, -0.1) is 0 Å². The number of carbonyl (C=O) groups is 1. The van der Waals surface area contributed by atoms with Crippen molar-refractivity contribution in [2.75, 3.05) is 24.5 Å². The van der Waals surface area contributed by atoms with Gasteiger partial charge < -0.3 is 14.8 Å². The average molecular weight is 338 g/mol. The summed E-state index contributed by atoms with van der Waals surface area (Å²) in [4.78, 5) is 29.0. The second-order valence-corrected chi connectivity index (χ2v) is 6.75. The third-order valence-electron chi connectivity index (χ3n) is 5.21. The normalized spacial score (nSPS) is 19.4. The van der Waals surface area contributed by atoms with Crippen molar-refractivity contribution in [3.8, 4) is 0 Å². The fourth-order valence-electron chi connectivity index (χ4n) is 3.80. The quantitative estimate of drug-likeness (QED) is 0.721. The van der Waals surface area contributed by atoms with Gasteiger partial charge in [0, 0.05) is 25.8 Å². The van der Waals surface area contributed by atoms with E-state index in [9.17, 15) is 4.79 Å². The summed E-state index contributed by atoms with van der Waals surface area (Å²) in [6.07, 6.45) is 7.88. The number of carbonyl (C=O) groups excluding carboxylic acids is 1. The minimum atomic E-state index is -0.125. The van der Waals surface area contributed by atoms with E-state index >= 15 is 0 Å². The van der Waals surface area contributed by atoms with Crippen molar-refractivity contribution >= 4 is 22.8 Å². The van der Waals surface area contributed by atoms with E-state index < -0.39 is 0 Å². The molecule has 1 aliphatic carbocycles. The van der Waals surface area contributed by atoms with E-state index in [-0.39, 0.29) is 11.4 Å². The number of amides is 1. The first-order valence-corrected chi connectivity index (χ1v) is 8.48. The van der Waals surface area contributed by atoms with Crippen LogP contribution in [0.5, 0.6) is 0 Å². The minimum Gasteiger partial charge on any atom is -0.354 e. The van der Waals surface area contributed by atoms with E-state index in [1.165, 1.54) is 6.20 Å². The molecular weight excluding hydrogens is 320 g/mol. The molecule has 9 nitrogen and oxygen atoms in total. The Kier molecular flexibility index (Phi) is 3.03. The molecule has 25 heavy (non-hydrogen) atoms. The zero-order chi connectivity index (χ0) is 16.9. The number of H-pyrrole nitrogens is 2. The van der Waals surface area contributed by atoms with Crippen LogP contribution in [0.1, 0.15) is 29.8 Å².